The van der Waals surface area contributed by atoms with Gasteiger partial charge in [-0.15, -0.1) is 0 Å². The molecule has 2 aromatic carbocycles. The first-order chi connectivity index (χ1) is 17.2. The van der Waals surface area contributed by atoms with Crippen LogP contribution in [0.4, 0.5) is 10.5 Å². The number of benzene rings is 2. The first kappa shape index (κ1) is 26.2. The van der Waals surface area contributed by atoms with Gasteiger partial charge in [0.2, 0.25) is 10.0 Å². The van der Waals surface area contributed by atoms with Crippen LogP contribution in [0.5, 0.6) is 0 Å². The van der Waals surface area contributed by atoms with E-state index >= 15 is 0 Å². The van der Waals surface area contributed by atoms with E-state index < -0.39 is 10.0 Å². The second kappa shape index (κ2) is 11.0. The number of likely N-dealkylation sites (tertiary alicyclic amines) is 1. The minimum Gasteiger partial charge on any atom is -0.447 e. The molecule has 0 atom stereocenters. The lowest BCUT2D eigenvalue weighted by molar-refractivity contribution is 0.0688. The number of rotatable bonds is 6. The van der Waals surface area contributed by atoms with E-state index in [-0.39, 0.29) is 29.0 Å². The first-order valence-corrected chi connectivity index (χ1v) is 14.1. The van der Waals surface area contributed by atoms with E-state index in [4.69, 9.17) is 4.74 Å². The van der Waals surface area contributed by atoms with Gasteiger partial charge in [0.15, 0.2) is 0 Å². The maximum atomic E-state index is 13.4. The highest BCUT2D eigenvalue weighted by molar-refractivity contribution is 7.89. The summed E-state index contributed by atoms with van der Waals surface area (Å²) in [5.74, 6) is -0.197. The predicted octanol–water partition coefficient (Wildman–Crippen LogP) is 4.41. The molecule has 1 aliphatic carbocycles. The van der Waals surface area contributed by atoms with Crippen LogP contribution >= 0.6 is 0 Å². The molecule has 2 aromatic rings. The third-order valence-corrected chi connectivity index (χ3v) is 8.44. The smallest absolute Gasteiger partial charge is 0.410 e. The summed E-state index contributed by atoms with van der Waals surface area (Å²) in [5, 5.41) is 3.01. The highest BCUT2D eigenvalue weighted by Crippen LogP contribution is 2.34. The summed E-state index contributed by atoms with van der Waals surface area (Å²) in [4.78, 5) is 27.0. The Morgan fingerprint density at radius 1 is 1.00 bits per heavy atom. The lowest BCUT2D eigenvalue weighted by atomic mass is 9.90. The van der Waals surface area contributed by atoms with Gasteiger partial charge in [-0.25, -0.2) is 17.9 Å². The van der Waals surface area contributed by atoms with Crippen LogP contribution < -0.4 is 10.0 Å². The number of carbonyl (C=O) groups excluding carboxylic acids is 2. The molecule has 9 heteroatoms. The van der Waals surface area contributed by atoms with Gasteiger partial charge < -0.3 is 15.0 Å². The van der Waals surface area contributed by atoms with E-state index in [2.05, 4.69) is 10.0 Å². The fourth-order valence-electron chi connectivity index (χ4n) is 4.96. The van der Waals surface area contributed by atoms with Crippen LogP contribution in [0.3, 0.4) is 0 Å². The third-order valence-electron chi connectivity index (χ3n) is 6.83. The van der Waals surface area contributed by atoms with Crippen LogP contribution in [0.1, 0.15) is 66.6 Å². The van der Waals surface area contributed by atoms with E-state index in [1.807, 2.05) is 25.1 Å². The molecule has 1 saturated heterocycles. The highest BCUT2D eigenvalue weighted by Gasteiger charge is 2.30. The van der Waals surface area contributed by atoms with Gasteiger partial charge in [-0.1, -0.05) is 18.2 Å². The van der Waals surface area contributed by atoms with Gasteiger partial charge in [-0.05, 0) is 94.2 Å². The van der Waals surface area contributed by atoms with Crippen molar-refractivity contribution in [2.24, 2.45) is 0 Å². The summed E-state index contributed by atoms with van der Waals surface area (Å²) in [6, 6.07) is 10.5. The average molecular weight is 514 g/mol. The van der Waals surface area contributed by atoms with Crippen molar-refractivity contribution in [3.8, 4) is 0 Å². The van der Waals surface area contributed by atoms with Gasteiger partial charge in [0.05, 0.1) is 11.0 Å². The number of ether oxygens (including phenoxy) is 1. The van der Waals surface area contributed by atoms with Gasteiger partial charge in [0.25, 0.3) is 5.91 Å². The van der Waals surface area contributed by atoms with Crippen molar-refractivity contribution in [2.45, 2.75) is 76.3 Å². The van der Waals surface area contributed by atoms with Crippen LogP contribution in [0.25, 0.3) is 0 Å². The van der Waals surface area contributed by atoms with Crippen LogP contribution in [0.15, 0.2) is 41.3 Å². The number of piperidine rings is 1. The molecule has 1 fully saturated rings. The molecule has 0 spiro atoms. The molecule has 0 saturated carbocycles. The summed E-state index contributed by atoms with van der Waals surface area (Å²) in [7, 11) is -3.76. The number of fused-ring (bicyclic) bond motifs is 1. The Labute approximate surface area is 213 Å². The highest BCUT2D eigenvalue weighted by atomic mass is 32.2. The second-order valence-electron chi connectivity index (χ2n) is 9.86. The van der Waals surface area contributed by atoms with E-state index in [9.17, 15) is 18.0 Å². The Bertz CT molecular complexity index is 1230. The van der Waals surface area contributed by atoms with Crippen molar-refractivity contribution in [1.29, 1.82) is 0 Å². The van der Waals surface area contributed by atoms with Crippen LogP contribution in [-0.2, 0) is 27.6 Å². The molecule has 8 nitrogen and oxygen atoms in total. The Balaban J connectivity index is 1.50. The molecular weight excluding hydrogens is 478 g/mol. The lowest BCUT2D eigenvalue weighted by Gasteiger charge is -2.32. The van der Waals surface area contributed by atoms with Gasteiger partial charge >= 0.3 is 6.09 Å². The van der Waals surface area contributed by atoms with Crippen molar-refractivity contribution in [2.75, 3.05) is 18.4 Å². The zero-order valence-electron chi connectivity index (χ0n) is 21.2. The molecule has 0 radical (unpaired) electrons. The van der Waals surface area contributed by atoms with Crippen molar-refractivity contribution in [3.63, 3.8) is 0 Å². The number of hydrogen-bond donors (Lipinski definition) is 2. The Kier molecular flexibility index (Phi) is 8.00. The number of carbonyl (C=O) groups is 2. The van der Waals surface area contributed by atoms with Crippen LogP contribution in [-0.4, -0.2) is 50.6 Å². The SMILES string of the molecule is Cc1ccccc1C(=O)Nc1ccc(S(=O)(=O)NC2CCN(C(=O)OC(C)C)CC2)c2c1CCCC2. The largest absolute Gasteiger partial charge is 0.447 e. The van der Waals surface area contributed by atoms with Crippen molar-refractivity contribution in [1.82, 2.24) is 9.62 Å². The fourth-order valence-corrected chi connectivity index (χ4v) is 6.56. The van der Waals surface area contributed by atoms with E-state index in [0.29, 0.717) is 43.6 Å². The van der Waals surface area contributed by atoms with Gasteiger partial charge in [-0.3, -0.25) is 4.79 Å². The summed E-state index contributed by atoms with van der Waals surface area (Å²) >= 11 is 0. The third kappa shape index (κ3) is 5.90. The molecule has 2 aliphatic rings. The Morgan fingerprint density at radius 3 is 2.33 bits per heavy atom. The first-order valence-electron chi connectivity index (χ1n) is 12.7. The molecule has 0 aromatic heterocycles. The van der Waals surface area contributed by atoms with Crippen molar-refractivity contribution >= 4 is 27.7 Å². The Hall–Kier alpha value is -2.91. The molecular formula is C27H35N3O5S. The topological polar surface area (TPSA) is 105 Å². The van der Waals surface area contributed by atoms with Crippen LogP contribution in [0.2, 0.25) is 0 Å². The van der Waals surface area contributed by atoms with Crippen molar-refractivity contribution < 1.29 is 22.7 Å². The van der Waals surface area contributed by atoms with Gasteiger partial charge in [0, 0.05) is 30.4 Å². The lowest BCUT2D eigenvalue weighted by Crippen LogP contribution is -2.47. The zero-order chi connectivity index (χ0) is 25.9. The summed E-state index contributed by atoms with van der Waals surface area (Å²) < 4.78 is 35.0. The number of anilines is 1. The molecule has 1 aliphatic heterocycles. The number of nitrogens with one attached hydrogen (secondary N) is 2. The maximum absolute atomic E-state index is 13.4. The average Bonchev–Trinajstić information content (AvgIpc) is 2.84. The van der Waals surface area contributed by atoms with Crippen LogP contribution in [0, 0.1) is 6.92 Å². The summed E-state index contributed by atoms with van der Waals surface area (Å²) in [5.41, 5.74) is 3.85. The quantitative estimate of drug-likeness (QED) is 0.595. The number of nitrogens with zero attached hydrogens (tertiary/aromatic N) is 1. The molecule has 36 heavy (non-hydrogen) atoms. The Morgan fingerprint density at radius 2 is 1.67 bits per heavy atom. The molecule has 2 N–H and O–H groups in total. The second-order valence-corrected chi connectivity index (χ2v) is 11.5. The number of hydrogen-bond acceptors (Lipinski definition) is 5. The minimum atomic E-state index is -3.76. The normalized spacial score (nSPS) is 16.5. The van der Waals surface area contributed by atoms with Crippen molar-refractivity contribution in [3.05, 3.63) is 58.7 Å². The van der Waals surface area contributed by atoms with E-state index in [1.165, 1.54) is 0 Å². The summed E-state index contributed by atoms with van der Waals surface area (Å²) in [6.45, 7) is 6.39. The molecule has 4 rings (SSSR count). The van der Waals surface area contributed by atoms with Gasteiger partial charge in [0.1, 0.15) is 0 Å². The number of sulfonamides is 1. The fraction of sp³-hybridized carbons (Fsp3) is 0.481. The molecule has 194 valence electrons. The molecule has 1 heterocycles. The van der Waals surface area contributed by atoms with Gasteiger partial charge in [-0.2, -0.15) is 0 Å². The minimum absolute atomic E-state index is 0.190. The number of amides is 2. The monoisotopic (exact) mass is 513 g/mol. The summed E-state index contributed by atoms with van der Waals surface area (Å²) in [6.07, 6.45) is 3.73. The zero-order valence-corrected chi connectivity index (χ0v) is 22.0. The predicted molar refractivity (Wildman–Crippen MR) is 139 cm³/mol. The molecule has 2 amide bonds. The maximum Gasteiger partial charge on any atom is 0.410 e. The van der Waals surface area contributed by atoms with E-state index in [1.54, 1.807) is 36.9 Å². The standard InChI is InChI=1S/C27H35N3O5S/c1-18(2)35-27(32)30-16-14-20(15-17-30)29-36(33,34)25-13-12-24(22-10-6-7-11-23(22)25)28-26(31)21-9-5-4-8-19(21)3/h4-5,8-9,12-13,18,20,29H,6-7,10-11,14-17H2,1-3H3,(H,28,31). The van der Waals surface area contributed by atoms with E-state index in [0.717, 1.165) is 36.0 Å². The molecule has 0 unspecified atom stereocenters. The molecule has 0 bridgehead atoms. The number of aryl methyl sites for hydroxylation is 1.